The van der Waals surface area contributed by atoms with Gasteiger partial charge in [-0.15, -0.1) is 0 Å². The van der Waals surface area contributed by atoms with Crippen LogP contribution in [0, 0.1) is 5.82 Å². The number of hydrogen-bond donors (Lipinski definition) is 1. The maximum atomic E-state index is 14.7. The van der Waals surface area contributed by atoms with E-state index in [4.69, 9.17) is 11.6 Å². The first kappa shape index (κ1) is 31.1. The zero-order chi connectivity index (χ0) is 29.3. The molecule has 0 heterocycles. The maximum absolute atomic E-state index is 14.7. The number of carbonyl (C=O) groups is 2. The number of rotatable bonds is 13. The predicted molar refractivity (Wildman–Crippen MR) is 157 cm³/mol. The van der Waals surface area contributed by atoms with Crippen LogP contribution in [0.15, 0.2) is 78.9 Å². The van der Waals surface area contributed by atoms with Crippen LogP contribution in [0.25, 0.3) is 0 Å². The minimum atomic E-state index is -3.64. The zero-order valence-corrected chi connectivity index (χ0v) is 24.5. The van der Waals surface area contributed by atoms with Crippen LogP contribution in [0.5, 0.6) is 0 Å². The van der Waals surface area contributed by atoms with Gasteiger partial charge < -0.3 is 10.2 Å². The SMILES string of the molecule is CC(C)NC(=O)[C@H](Cc1ccccc1)N(Cc1ccccc1F)C(=O)CCCN(c1ccc(Cl)cc1)S(C)(=O)=O. The molecule has 0 saturated heterocycles. The number of anilines is 1. The van der Waals surface area contributed by atoms with Gasteiger partial charge in [-0.3, -0.25) is 13.9 Å². The number of halogens is 2. The van der Waals surface area contributed by atoms with Crippen molar-refractivity contribution in [1.29, 1.82) is 0 Å². The van der Waals surface area contributed by atoms with E-state index in [1.165, 1.54) is 15.3 Å². The molecular formula is C30H35ClFN3O4S. The standard InChI is InChI=1S/C30H35ClFN3O4S/c1-22(2)33-30(37)28(20-23-10-5-4-6-11-23)34(21-24-12-7-8-13-27(24)32)29(36)14-9-19-35(40(3,38)39)26-17-15-25(31)16-18-26/h4-8,10-13,15-18,22,28H,9,14,19-21H2,1-3H3,(H,33,37)/t28-/m0/s1. The van der Waals surface area contributed by atoms with E-state index in [-0.39, 0.29) is 55.8 Å². The van der Waals surface area contributed by atoms with E-state index >= 15 is 0 Å². The van der Waals surface area contributed by atoms with E-state index in [2.05, 4.69) is 5.32 Å². The molecule has 0 aliphatic carbocycles. The van der Waals surface area contributed by atoms with E-state index in [0.29, 0.717) is 10.7 Å². The molecule has 2 amide bonds. The average Bonchev–Trinajstić information content (AvgIpc) is 2.89. The van der Waals surface area contributed by atoms with Gasteiger partial charge in [0.25, 0.3) is 0 Å². The Morgan fingerprint density at radius 1 is 0.950 bits per heavy atom. The zero-order valence-electron chi connectivity index (χ0n) is 22.9. The quantitative estimate of drug-likeness (QED) is 0.298. The lowest BCUT2D eigenvalue weighted by Gasteiger charge is -2.32. The Morgan fingerprint density at radius 2 is 1.57 bits per heavy atom. The molecule has 0 bridgehead atoms. The Morgan fingerprint density at radius 3 is 2.17 bits per heavy atom. The molecule has 0 unspecified atom stereocenters. The third kappa shape index (κ3) is 9.06. The van der Waals surface area contributed by atoms with Gasteiger partial charge in [0.05, 0.1) is 11.9 Å². The van der Waals surface area contributed by atoms with E-state index in [1.807, 2.05) is 44.2 Å². The Balaban J connectivity index is 1.88. The summed E-state index contributed by atoms with van der Waals surface area (Å²) in [7, 11) is -3.64. The summed E-state index contributed by atoms with van der Waals surface area (Å²) in [5.41, 5.74) is 1.56. The van der Waals surface area contributed by atoms with Crippen LogP contribution in [0.4, 0.5) is 10.1 Å². The smallest absolute Gasteiger partial charge is 0.243 e. The van der Waals surface area contributed by atoms with Crippen LogP contribution >= 0.6 is 11.6 Å². The van der Waals surface area contributed by atoms with Crippen molar-refractivity contribution < 1.29 is 22.4 Å². The molecule has 0 saturated carbocycles. The fourth-order valence-corrected chi connectivity index (χ4v) is 5.45. The van der Waals surface area contributed by atoms with E-state index < -0.39 is 21.9 Å². The van der Waals surface area contributed by atoms with Gasteiger partial charge in [0.15, 0.2) is 0 Å². The van der Waals surface area contributed by atoms with Crippen molar-refractivity contribution in [3.63, 3.8) is 0 Å². The molecule has 0 aliphatic heterocycles. The average molecular weight is 588 g/mol. The van der Waals surface area contributed by atoms with Crippen molar-refractivity contribution >= 4 is 39.1 Å². The molecule has 0 spiro atoms. The van der Waals surface area contributed by atoms with Crippen molar-refractivity contribution in [2.75, 3.05) is 17.1 Å². The highest BCUT2D eigenvalue weighted by molar-refractivity contribution is 7.92. The highest BCUT2D eigenvalue weighted by Gasteiger charge is 2.31. The minimum absolute atomic E-state index is 0.0429. The summed E-state index contributed by atoms with van der Waals surface area (Å²) in [6.45, 7) is 3.59. The lowest BCUT2D eigenvalue weighted by Crippen LogP contribution is -2.52. The van der Waals surface area contributed by atoms with Crippen molar-refractivity contribution in [3.05, 3.63) is 101 Å². The Kier molecular flexibility index (Phi) is 11.1. The number of amides is 2. The van der Waals surface area contributed by atoms with E-state index in [9.17, 15) is 22.4 Å². The molecule has 3 rings (SSSR count). The maximum Gasteiger partial charge on any atom is 0.243 e. The van der Waals surface area contributed by atoms with Crippen molar-refractivity contribution in [3.8, 4) is 0 Å². The molecule has 0 aromatic heterocycles. The summed E-state index contributed by atoms with van der Waals surface area (Å²) in [6, 6.07) is 20.8. The molecule has 1 N–H and O–H groups in total. The second kappa shape index (κ2) is 14.3. The highest BCUT2D eigenvalue weighted by atomic mass is 35.5. The third-order valence-corrected chi connectivity index (χ3v) is 7.71. The third-order valence-electron chi connectivity index (χ3n) is 6.27. The van der Waals surface area contributed by atoms with Gasteiger partial charge in [-0.2, -0.15) is 0 Å². The van der Waals surface area contributed by atoms with Gasteiger partial charge in [0.2, 0.25) is 21.8 Å². The number of nitrogens with zero attached hydrogens (tertiary/aromatic N) is 2. The topological polar surface area (TPSA) is 86.8 Å². The number of benzene rings is 3. The number of hydrogen-bond acceptors (Lipinski definition) is 4. The molecule has 40 heavy (non-hydrogen) atoms. The van der Waals surface area contributed by atoms with Gasteiger partial charge in [-0.05, 0) is 56.2 Å². The van der Waals surface area contributed by atoms with Crippen LogP contribution in [0.3, 0.4) is 0 Å². The Bertz CT molecular complexity index is 1390. The molecule has 10 heteroatoms. The Labute approximate surface area is 241 Å². The minimum Gasteiger partial charge on any atom is -0.352 e. The van der Waals surface area contributed by atoms with Crippen molar-refractivity contribution in [2.45, 2.75) is 51.7 Å². The largest absolute Gasteiger partial charge is 0.352 e. The molecule has 3 aromatic carbocycles. The monoisotopic (exact) mass is 587 g/mol. The molecule has 0 fully saturated rings. The first-order valence-electron chi connectivity index (χ1n) is 13.1. The molecule has 214 valence electrons. The van der Waals surface area contributed by atoms with Crippen LogP contribution in [-0.4, -0.2) is 50.0 Å². The van der Waals surface area contributed by atoms with Gasteiger partial charge in [-0.1, -0.05) is 60.1 Å². The molecule has 0 radical (unpaired) electrons. The first-order valence-corrected chi connectivity index (χ1v) is 15.3. The summed E-state index contributed by atoms with van der Waals surface area (Å²) < 4.78 is 40.9. The fourth-order valence-electron chi connectivity index (χ4n) is 4.36. The first-order chi connectivity index (χ1) is 19.0. The fraction of sp³-hybridized carbons (Fsp3) is 0.333. The lowest BCUT2D eigenvalue weighted by atomic mass is 10.0. The molecule has 0 aliphatic rings. The van der Waals surface area contributed by atoms with E-state index in [0.717, 1.165) is 11.8 Å². The molecular weight excluding hydrogens is 553 g/mol. The molecule has 7 nitrogen and oxygen atoms in total. The number of sulfonamides is 1. The van der Waals surface area contributed by atoms with Crippen LogP contribution < -0.4 is 9.62 Å². The van der Waals surface area contributed by atoms with Crippen LogP contribution in [0.1, 0.15) is 37.8 Å². The highest BCUT2D eigenvalue weighted by Crippen LogP contribution is 2.22. The molecule has 1 atom stereocenters. The number of nitrogens with one attached hydrogen (secondary N) is 1. The van der Waals surface area contributed by atoms with Gasteiger partial charge in [0, 0.05) is 42.6 Å². The predicted octanol–water partition coefficient (Wildman–Crippen LogP) is 5.19. The summed E-state index contributed by atoms with van der Waals surface area (Å²) in [5.74, 6) is -1.20. The molecule has 3 aromatic rings. The summed E-state index contributed by atoms with van der Waals surface area (Å²) in [6.07, 6.45) is 1.47. The summed E-state index contributed by atoms with van der Waals surface area (Å²) >= 11 is 5.96. The van der Waals surface area contributed by atoms with Gasteiger partial charge in [-0.25, -0.2) is 12.8 Å². The number of carbonyl (C=O) groups excluding carboxylic acids is 2. The van der Waals surface area contributed by atoms with Crippen molar-refractivity contribution in [1.82, 2.24) is 10.2 Å². The normalized spacial score (nSPS) is 12.2. The second-order valence-corrected chi connectivity index (χ2v) is 12.2. The lowest BCUT2D eigenvalue weighted by molar-refractivity contribution is -0.141. The van der Waals surface area contributed by atoms with Gasteiger partial charge >= 0.3 is 0 Å². The Hall–Kier alpha value is -3.43. The summed E-state index contributed by atoms with van der Waals surface area (Å²) in [4.78, 5) is 28.5. The van der Waals surface area contributed by atoms with Gasteiger partial charge in [0.1, 0.15) is 11.9 Å². The van der Waals surface area contributed by atoms with Crippen molar-refractivity contribution in [2.24, 2.45) is 0 Å². The summed E-state index contributed by atoms with van der Waals surface area (Å²) in [5, 5.41) is 3.37. The van der Waals surface area contributed by atoms with Crippen LogP contribution in [-0.2, 0) is 32.6 Å². The van der Waals surface area contributed by atoms with Crippen LogP contribution in [0.2, 0.25) is 5.02 Å². The second-order valence-electron chi connectivity index (χ2n) is 9.90. The van der Waals surface area contributed by atoms with E-state index in [1.54, 1.807) is 42.5 Å².